The second-order valence-corrected chi connectivity index (χ2v) is 10.6. The molecular formula is C9H22ClNSi. The second kappa shape index (κ2) is 4.12. The van der Waals surface area contributed by atoms with E-state index in [9.17, 15) is 0 Å². The van der Waals surface area contributed by atoms with Gasteiger partial charge in [-0.2, -0.15) is 0 Å². The molecule has 1 atom stereocenters. The highest BCUT2D eigenvalue weighted by molar-refractivity contribution is 7.19. The SMILES string of the molecule is CCN(CC)[Si](C)(Cl)C(C)(C)C. The van der Waals surface area contributed by atoms with Crippen molar-refractivity contribution >= 4 is 18.6 Å². The van der Waals surface area contributed by atoms with Crippen LogP contribution in [-0.2, 0) is 0 Å². The Labute approximate surface area is 82.9 Å². The molecule has 0 bridgehead atoms. The van der Waals surface area contributed by atoms with Crippen LogP contribution in [0.15, 0.2) is 0 Å². The van der Waals surface area contributed by atoms with Crippen molar-refractivity contribution in [3.63, 3.8) is 0 Å². The largest absolute Gasteiger partial charge is 0.312 e. The van der Waals surface area contributed by atoms with Crippen molar-refractivity contribution in [2.45, 2.75) is 46.2 Å². The van der Waals surface area contributed by atoms with E-state index in [2.05, 4.69) is 45.7 Å². The van der Waals surface area contributed by atoms with Gasteiger partial charge in [-0.05, 0) is 24.7 Å². The highest BCUT2D eigenvalue weighted by Gasteiger charge is 2.42. The maximum absolute atomic E-state index is 6.64. The van der Waals surface area contributed by atoms with Crippen LogP contribution in [0.3, 0.4) is 0 Å². The predicted molar refractivity (Wildman–Crippen MR) is 60.1 cm³/mol. The van der Waals surface area contributed by atoms with Crippen molar-refractivity contribution in [1.82, 2.24) is 4.57 Å². The molecule has 0 radical (unpaired) electrons. The third-order valence-corrected chi connectivity index (χ3v) is 9.70. The zero-order chi connectivity index (χ0) is 9.99. The van der Waals surface area contributed by atoms with E-state index in [0.29, 0.717) is 0 Å². The van der Waals surface area contributed by atoms with Gasteiger partial charge >= 0.3 is 0 Å². The first-order chi connectivity index (χ1) is 5.27. The summed E-state index contributed by atoms with van der Waals surface area (Å²) in [6.07, 6.45) is 0. The third-order valence-electron chi connectivity index (χ3n) is 2.73. The van der Waals surface area contributed by atoms with Crippen LogP contribution in [-0.4, -0.2) is 25.2 Å². The molecule has 0 saturated heterocycles. The van der Waals surface area contributed by atoms with Gasteiger partial charge in [0.05, 0.1) is 0 Å². The number of hydrogen-bond acceptors (Lipinski definition) is 1. The maximum Gasteiger partial charge on any atom is 0.231 e. The van der Waals surface area contributed by atoms with Crippen LogP contribution in [0.25, 0.3) is 0 Å². The monoisotopic (exact) mass is 207 g/mol. The molecule has 1 unspecified atom stereocenters. The lowest BCUT2D eigenvalue weighted by Gasteiger charge is -2.42. The van der Waals surface area contributed by atoms with Crippen LogP contribution in [0.5, 0.6) is 0 Å². The maximum atomic E-state index is 6.64. The Balaban J connectivity index is 4.57. The Kier molecular flexibility index (Phi) is 4.28. The van der Waals surface area contributed by atoms with Gasteiger partial charge < -0.3 is 4.57 Å². The highest BCUT2D eigenvalue weighted by atomic mass is 35.6. The summed E-state index contributed by atoms with van der Waals surface area (Å²) in [6.45, 7) is 15.5. The fraction of sp³-hybridized carbons (Fsp3) is 1.00. The summed E-state index contributed by atoms with van der Waals surface area (Å²) >= 11 is 6.64. The normalized spacial score (nSPS) is 18.0. The van der Waals surface area contributed by atoms with Gasteiger partial charge in [0.1, 0.15) is 0 Å². The lowest BCUT2D eigenvalue weighted by atomic mass is 10.2. The quantitative estimate of drug-likeness (QED) is 0.507. The summed E-state index contributed by atoms with van der Waals surface area (Å²) in [4.78, 5) is 0. The third kappa shape index (κ3) is 2.48. The number of rotatable bonds is 3. The molecule has 0 aliphatic heterocycles. The molecule has 0 aliphatic carbocycles. The Hall–Kier alpha value is 0.467. The van der Waals surface area contributed by atoms with Crippen molar-refractivity contribution < 1.29 is 0 Å². The first-order valence-electron chi connectivity index (χ1n) is 4.71. The second-order valence-electron chi connectivity index (χ2n) is 4.38. The van der Waals surface area contributed by atoms with Crippen molar-refractivity contribution in [1.29, 1.82) is 0 Å². The topological polar surface area (TPSA) is 3.24 Å². The molecule has 12 heavy (non-hydrogen) atoms. The molecule has 0 N–H and O–H groups in total. The van der Waals surface area contributed by atoms with Crippen molar-refractivity contribution in [3.05, 3.63) is 0 Å². The minimum Gasteiger partial charge on any atom is -0.312 e. The fourth-order valence-electron chi connectivity index (χ4n) is 1.29. The molecule has 0 aliphatic rings. The predicted octanol–water partition coefficient (Wildman–Crippen LogP) is 3.44. The van der Waals surface area contributed by atoms with Crippen LogP contribution >= 0.6 is 11.1 Å². The van der Waals surface area contributed by atoms with Gasteiger partial charge in [-0.1, -0.05) is 34.6 Å². The Morgan fingerprint density at radius 3 is 1.58 bits per heavy atom. The van der Waals surface area contributed by atoms with E-state index in [1.165, 1.54) is 0 Å². The zero-order valence-corrected chi connectivity index (χ0v) is 11.0. The van der Waals surface area contributed by atoms with Crippen molar-refractivity contribution in [2.75, 3.05) is 13.1 Å². The van der Waals surface area contributed by atoms with Crippen molar-refractivity contribution in [2.24, 2.45) is 0 Å². The summed E-state index contributed by atoms with van der Waals surface area (Å²) in [5.74, 6) is 0. The van der Waals surface area contributed by atoms with Crippen LogP contribution < -0.4 is 0 Å². The van der Waals surface area contributed by atoms with E-state index in [1.54, 1.807) is 0 Å². The Bertz CT molecular complexity index is 136. The molecule has 0 heterocycles. The first-order valence-corrected chi connectivity index (χ1v) is 8.17. The summed E-state index contributed by atoms with van der Waals surface area (Å²) in [5, 5.41) is 0.251. The van der Waals surface area contributed by atoms with Crippen LogP contribution in [0.1, 0.15) is 34.6 Å². The van der Waals surface area contributed by atoms with Gasteiger partial charge in [-0.15, -0.1) is 11.1 Å². The summed E-state index contributed by atoms with van der Waals surface area (Å²) in [6, 6.07) is 0. The summed E-state index contributed by atoms with van der Waals surface area (Å²) in [5.41, 5.74) is 0. The van der Waals surface area contributed by atoms with Gasteiger partial charge in [0.2, 0.25) is 7.55 Å². The number of halogens is 1. The summed E-state index contributed by atoms with van der Waals surface area (Å²) in [7, 11) is -1.73. The highest BCUT2D eigenvalue weighted by Crippen LogP contribution is 2.40. The average Bonchev–Trinajstić information content (AvgIpc) is 1.87. The Morgan fingerprint density at radius 2 is 1.50 bits per heavy atom. The smallest absolute Gasteiger partial charge is 0.231 e. The lowest BCUT2D eigenvalue weighted by Crippen LogP contribution is -2.52. The number of nitrogens with zero attached hydrogens (tertiary/aromatic N) is 1. The molecule has 3 heteroatoms. The van der Waals surface area contributed by atoms with Crippen LogP contribution in [0, 0.1) is 0 Å². The standard InChI is InChI=1S/C9H22ClNSi/c1-7-11(8-2)12(6,10)9(3,4)5/h7-8H2,1-6H3. The van der Waals surface area contributed by atoms with Gasteiger partial charge in [-0.3, -0.25) is 0 Å². The van der Waals surface area contributed by atoms with E-state index in [4.69, 9.17) is 11.1 Å². The average molecular weight is 208 g/mol. The zero-order valence-electron chi connectivity index (χ0n) is 9.24. The molecule has 0 aromatic rings. The molecular weight excluding hydrogens is 186 g/mol. The van der Waals surface area contributed by atoms with Crippen LogP contribution in [0.2, 0.25) is 11.6 Å². The molecule has 74 valence electrons. The lowest BCUT2D eigenvalue weighted by molar-refractivity contribution is 0.448. The molecule has 0 amide bonds. The molecule has 0 spiro atoms. The van der Waals surface area contributed by atoms with E-state index in [-0.39, 0.29) is 5.04 Å². The Morgan fingerprint density at radius 1 is 1.17 bits per heavy atom. The minimum atomic E-state index is -1.73. The van der Waals surface area contributed by atoms with Gasteiger partial charge in [0.15, 0.2) is 0 Å². The van der Waals surface area contributed by atoms with E-state index in [1.807, 2.05) is 0 Å². The van der Waals surface area contributed by atoms with E-state index >= 15 is 0 Å². The minimum absolute atomic E-state index is 0.251. The molecule has 0 rings (SSSR count). The fourth-order valence-corrected chi connectivity index (χ4v) is 4.15. The van der Waals surface area contributed by atoms with Gasteiger partial charge in [-0.25, -0.2) is 0 Å². The molecule has 0 saturated carbocycles. The number of hydrogen-bond donors (Lipinski definition) is 0. The van der Waals surface area contributed by atoms with Gasteiger partial charge in [0, 0.05) is 0 Å². The molecule has 0 aromatic heterocycles. The first kappa shape index (κ1) is 12.5. The van der Waals surface area contributed by atoms with Crippen molar-refractivity contribution in [3.8, 4) is 0 Å². The molecule has 0 fully saturated rings. The van der Waals surface area contributed by atoms with E-state index < -0.39 is 7.55 Å². The van der Waals surface area contributed by atoms with Crippen LogP contribution in [0.4, 0.5) is 0 Å². The van der Waals surface area contributed by atoms with E-state index in [0.717, 1.165) is 13.1 Å². The summed E-state index contributed by atoms with van der Waals surface area (Å²) < 4.78 is 2.43. The molecule has 1 nitrogen and oxygen atoms in total. The van der Waals surface area contributed by atoms with Gasteiger partial charge in [0.25, 0.3) is 0 Å². The molecule has 0 aromatic carbocycles.